The molecular weight excluding hydrogens is 174 g/mol. The molecule has 0 amide bonds. The van der Waals surface area contributed by atoms with Crippen molar-refractivity contribution in [3.8, 4) is 0 Å². The number of aromatic nitrogens is 1. The number of hydrogen-bond acceptors (Lipinski definition) is 3. The molecule has 3 nitrogen and oxygen atoms in total. The van der Waals surface area contributed by atoms with E-state index in [1.165, 1.54) is 19.3 Å². The van der Waals surface area contributed by atoms with Crippen molar-refractivity contribution < 1.29 is 0 Å². The first kappa shape index (κ1) is 9.46. The van der Waals surface area contributed by atoms with E-state index in [1.807, 2.05) is 12.1 Å². The minimum absolute atomic E-state index is 0.762. The van der Waals surface area contributed by atoms with Crippen molar-refractivity contribution in [2.24, 2.45) is 0 Å². The molecule has 0 aliphatic heterocycles. The highest BCUT2D eigenvalue weighted by Gasteiger charge is 2.21. The standard InChI is InChI=1S/C11H17N3/c1-14(11-3-2-4-11)8-10-7-9(12)5-6-13-10/h5-7,11H,2-4,8H2,1H3,(H2,12,13). The number of nitrogens with two attached hydrogens (primary N) is 1. The predicted molar refractivity (Wildman–Crippen MR) is 57.8 cm³/mol. The zero-order chi connectivity index (χ0) is 9.97. The van der Waals surface area contributed by atoms with Crippen LogP contribution in [0.25, 0.3) is 0 Å². The molecule has 1 aromatic heterocycles. The lowest BCUT2D eigenvalue weighted by atomic mass is 9.92. The van der Waals surface area contributed by atoms with E-state index in [0.717, 1.165) is 24.0 Å². The van der Waals surface area contributed by atoms with Crippen molar-refractivity contribution in [3.63, 3.8) is 0 Å². The van der Waals surface area contributed by atoms with E-state index >= 15 is 0 Å². The minimum atomic E-state index is 0.762. The summed E-state index contributed by atoms with van der Waals surface area (Å²) < 4.78 is 0. The average Bonchev–Trinajstić information content (AvgIpc) is 1.99. The van der Waals surface area contributed by atoms with Crippen LogP contribution in [0.4, 0.5) is 5.69 Å². The molecule has 1 aliphatic rings. The van der Waals surface area contributed by atoms with Crippen LogP contribution in [-0.2, 0) is 6.54 Å². The number of hydrogen-bond donors (Lipinski definition) is 1. The maximum atomic E-state index is 5.70. The number of pyridine rings is 1. The van der Waals surface area contributed by atoms with Crippen molar-refractivity contribution in [2.75, 3.05) is 12.8 Å². The highest BCUT2D eigenvalue weighted by molar-refractivity contribution is 5.37. The Morgan fingerprint density at radius 1 is 1.57 bits per heavy atom. The van der Waals surface area contributed by atoms with E-state index in [-0.39, 0.29) is 0 Å². The number of anilines is 1. The lowest BCUT2D eigenvalue weighted by Gasteiger charge is -2.34. The summed E-state index contributed by atoms with van der Waals surface area (Å²) in [4.78, 5) is 6.67. The molecule has 1 fully saturated rings. The van der Waals surface area contributed by atoms with Crippen LogP contribution in [0.1, 0.15) is 25.0 Å². The second-order valence-electron chi connectivity index (χ2n) is 4.08. The molecule has 1 aliphatic carbocycles. The lowest BCUT2D eigenvalue weighted by Crippen LogP contribution is -2.36. The highest BCUT2D eigenvalue weighted by Crippen LogP contribution is 2.24. The summed E-state index contributed by atoms with van der Waals surface area (Å²) in [6.45, 7) is 0.912. The van der Waals surface area contributed by atoms with Crippen molar-refractivity contribution in [2.45, 2.75) is 31.8 Å². The Kier molecular flexibility index (Phi) is 2.68. The third kappa shape index (κ3) is 2.04. The van der Waals surface area contributed by atoms with E-state index in [0.29, 0.717) is 0 Å². The second-order valence-corrected chi connectivity index (χ2v) is 4.08. The Hall–Kier alpha value is -1.09. The lowest BCUT2D eigenvalue weighted by molar-refractivity contribution is 0.151. The molecule has 0 radical (unpaired) electrons. The summed E-state index contributed by atoms with van der Waals surface area (Å²) in [6.07, 6.45) is 5.82. The summed E-state index contributed by atoms with van der Waals surface area (Å²) in [5.74, 6) is 0. The smallest absolute Gasteiger partial charge is 0.0564 e. The summed E-state index contributed by atoms with van der Waals surface area (Å²) in [5.41, 5.74) is 7.57. The third-order valence-electron chi connectivity index (χ3n) is 2.95. The molecule has 0 unspecified atom stereocenters. The zero-order valence-electron chi connectivity index (χ0n) is 8.61. The topological polar surface area (TPSA) is 42.1 Å². The quantitative estimate of drug-likeness (QED) is 0.790. The van der Waals surface area contributed by atoms with Gasteiger partial charge in [0.2, 0.25) is 0 Å². The van der Waals surface area contributed by atoms with Crippen LogP contribution in [0.15, 0.2) is 18.3 Å². The van der Waals surface area contributed by atoms with Gasteiger partial charge in [0.15, 0.2) is 0 Å². The maximum absolute atomic E-state index is 5.70. The number of nitrogen functional groups attached to an aromatic ring is 1. The van der Waals surface area contributed by atoms with E-state index in [2.05, 4.69) is 16.9 Å². The van der Waals surface area contributed by atoms with Crippen LogP contribution in [-0.4, -0.2) is 23.0 Å². The van der Waals surface area contributed by atoms with Gasteiger partial charge in [-0.15, -0.1) is 0 Å². The van der Waals surface area contributed by atoms with Gasteiger partial charge in [0.05, 0.1) is 5.69 Å². The monoisotopic (exact) mass is 191 g/mol. The van der Waals surface area contributed by atoms with Gasteiger partial charge in [-0.3, -0.25) is 9.88 Å². The van der Waals surface area contributed by atoms with Crippen LogP contribution in [0.5, 0.6) is 0 Å². The fourth-order valence-electron chi connectivity index (χ4n) is 1.80. The molecule has 1 aromatic rings. The Morgan fingerprint density at radius 2 is 2.36 bits per heavy atom. The minimum Gasteiger partial charge on any atom is -0.399 e. The van der Waals surface area contributed by atoms with Gasteiger partial charge in [0, 0.05) is 24.5 Å². The van der Waals surface area contributed by atoms with Crippen molar-refractivity contribution in [1.29, 1.82) is 0 Å². The van der Waals surface area contributed by atoms with Crippen LogP contribution >= 0.6 is 0 Å². The summed E-state index contributed by atoms with van der Waals surface area (Å²) >= 11 is 0. The maximum Gasteiger partial charge on any atom is 0.0564 e. The van der Waals surface area contributed by atoms with Crippen LogP contribution in [0.3, 0.4) is 0 Å². The predicted octanol–water partition coefficient (Wildman–Crippen LogP) is 1.65. The van der Waals surface area contributed by atoms with E-state index in [9.17, 15) is 0 Å². The number of rotatable bonds is 3. The van der Waals surface area contributed by atoms with E-state index < -0.39 is 0 Å². The molecule has 0 spiro atoms. The van der Waals surface area contributed by atoms with Crippen LogP contribution < -0.4 is 5.73 Å². The van der Waals surface area contributed by atoms with E-state index in [4.69, 9.17) is 5.73 Å². The zero-order valence-corrected chi connectivity index (χ0v) is 8.61. The third-order valence-corrected chi connectivity index (χ3v) is 2.95. The van der Waals surface area contributed by atoms with Gasteiger partial charge in [-0.05, 0) is 32.0 Å². The number of nitrogens with zero attached hydrogens (tertiary/aromatic N) is 2. The summed E-state index contributed by atoms with van der Waals surface area (Å²) in [6, 6.07) is 4.54. The van der Waals surface area contributed by atoms with Gasteiger partial charge in [-0.1, -0.05) is 6.42 Å². The first-order valence-electron chi connectivity index (χ1n) is 5.16. The van der Waals surface area contributed by atoms with Crippen molar-refractivity contribution >= 4 is 5.69 Å². The molecule has 76 valence electrons. The van der Waals surface area contributed by atoms with E-state index in [1.54, 1.807) is 6.20 Å². The Balaban J connectivity index is 1.95. The molecular formula is C11H17N3. The van der Waals surface area contributed by atoms with Gasteiger partial charge < -0.3 is 5.73 Å². The summed E-state index contributed by atoms with van der Waals surface area (Å²) in [5, 5.41) is 0. The first-order valence-corrected chi connectivity index (χ1v) is 5.16. The second kappa shape index (κ2) is 3.96. The molecule has 14 heavy (non-hydrogen) atoms. The van der Waals surface area contributed by atoms with Gasteiger partial charge in [0.25, 0.3) is 0 Å². The normalized spacial score (nSPS) is 17.0. The fourth-order valence-corrected chi connectivity index (χ4v) is 1.80. The molecule has 0 saturated heterocycles. The fraction of sp³-hybridized carbons (Fsp3) is 0.545. The highest BCUT2D eigenvalue weighted by atomic mass is 15.1. The molecule has 3 heteroatoms. The van der Waals surface area contributed by atoms with Crippen LogP contribution in [0.2, 0.25) is 0 Å². The largest absolute Gasteiger partial charge is 0.399 e. The molecule has 0 aromatic carbocycles. The molecule has 0 bridgehead atoms. The molecule has 2 rings (SSSR count). The SMILES string of the molecule is CN(Cc1cc(N)ccn1)C1CCC1. The van der Waals surface area contributed by atoms with Gasteiger partial charge in [-0.2, -0.15) is 0 Å². The Morgan fingerprint density at radius 3 is 2.93 bits per heavy atom. The molecule has 1 saturated carbocycles. The van der Waals surface area contributed by atoms with Gasteiger partial charge in [-0.25, -0.2) is 0 Å². The van der Waals surface area contributed by atoms with Crippen molar-refractivity contribution in [1.82, 2.24) is 9.88 Å². The molecule has 1 heterocycles. The Bertz CT molecular complexity index is 307. The molecule has 0 atom stereocenters. The molecule has 2 N–H and O–H groups in total. The first-order chi connectivity index (χ1) is 6.75. The summed E-state index contributed by atoms with van der Waals surface area (Å²) in [7, 11) is 2.16. The van der Waals surface area contributed by atoms with Gasteiger partial charge in [0.1, 0.15) is 0 Å². The average molecular weight is 191 g/mol. The van der Waals surface area contributed by atoms with Crippen molar-refractivity contribution in [3.05, 3.63) is 24.0 Å². The van der Waals surface area contributed by atoms with Gasteiger partial charge >= 0.3 is 0 Å². The van der Waals surface area contributed by atoms with Crippen LogP contribution in [0, 0.1) is 0 Å². The Labute approximate surface area is 84.9 Å².